The Labute approximate surface area is 175 Å². The third-order valence-electron chi connectivity index (χ3n) is 4.33. The van der Waals surface area contributed by atoms with Crippen molar-refractivity contribution in [3.05, 3.63) is 45.9 Å². The van der Waals surface area contributed by atoms with Crippen LogP contribution in [-0.2, 0) is 27.9 Å². The van der Waals surface area contributed by atoms with E-state index in [0.29, 0.717) is 26.3 Å². The molecule has 11 heteroatoms. The van der Waals surface area contributed by atoms with Crippen molar-refractivity contribution in [3.63, 3.8) is 0 Å². The number of hydrogen-bond donors (Lipinski definition) is 1. The second-order valence-electron chi connectivity index (χ2n) is 6.40. The Morgan fingerprint density at radius 3 is 2.70 bits per heavy atom. The Bertz CT molecular complexity index is 878. The number of halogens is 3. The van der Waals surface area contributed by atoms with Gasteiger partial charge >= 0.3 is 12.1 Å². The number of carboxylic acid groups (broad SMARTS) is 1. The van der Waals surface area contributed by atoms with Crippen LogP contribution in [0, 0.1) is 0 Å². The van der Waals surface area contributed by atoms with Crippen molar-refractivity contribution in [2.24, 2.45) is 7.05 Å². The van der Waals surface area contributed by atoms with Crippen LogP contribution in [0.25, 0.3) is 6.08 Å². The quantitative estimate of drug-likeness (QED) is 0.714. The van der Waals surface area contributed by atoms with Gasteiger partial charge in [-0.05, 0) is 24.4 Å². The molecule has 0 radical (unpaired) electrons. The molecule has 30 heavy (non-hydrogen) atoms. The summed E-state index contributed by atoms with van der Waals surface area (Å²) in [5.41, 5.74) is 2.30. The number of carbonyl (C=O) groups excluding carboxylic acids is 1. The van der Waals surface area contributed by atoms with Gasteiger partial charge in [-0.3, -0.25) is 9.48 Å². The molecule has 0 aliphatic carbocycles. The Morgan fingerprint density at radius 1 is 1.43 bits per heavy atom. The number of aryl methyl sites for hydroxylation is 1. The van der Waals surface area contributed by atoms with Crippen LogP contribution >= 0.6 is 11.3 Å². The molecule has 3 heterocycles. The van der Waals surface area contributed by atoms with Gasteiger partial charge < -0.3 is 14.7 Å². The summed E-state index contributed by atoms with van der Waals surface area (Å²) < 4.78 is 39.2. The van der Waals surface area contributed by atoms with Gasteiger partial charge in [0, 0.05) is 42.6 Å². The average molecular weight is 445 g/mol. The number of hydrogen-bond acceptors (Lipinski definition) is 5. The SMILES string of the molecule is CCOCC1CN(C(=O)/C=C/c2cccs2)Cc2c1cnn2C.O=C(O)C(F)(F)F. The second-order valence-corrected chi connectivity index (χ2v) is 7.38. The Morgan fingerprint density at radius 2 is 2.13 bits per heavy atom. The molecule has 1 unspecified atom stereocenters. The number of thiophene rings is 1. The number of carbonyl (C=O) groups is 2. The van der Waals surface area contributed by atoms with E-state index in [2.05, 4.69) is 5.10 Å². The van der Waals surface area contributed by atoms with E-state index >= 15 is 0 Å². The summed E-state index contributed by atoms with van der Waals surface area (Å²) in [6.45, 7) is 4.56. The molecular formula is C19H22F3N3O4S. The zero-order chi connectivity index (χ0) is 22.3. The molecule has 2 aromatic rings. The van der Waals surface area contributed by atoms with E-state index in [1.54, 1.807) is 17.4 Å². The van der Waals surface area contributed by atoms with Crippen LogP contribution in [-0.4, -0.2) is 57.6 Å². The minimum absolute atomic E-state index is 0.0340. The fourth-order valence-corrected chi connectivity index (χ4v) is 3.46. The van der Waals surface area contributed by atoms with E-state index in [-0.39, 0.29) is 11.8 Å². The van der Waals surface area contributed by atoms with Crippen LogP contribution in [0.5, 0.6) is 0 Å². The molecule has 0 spiro atoms. The number of nitrogens with zero attached hydrogens (tertiary/aromatic N) is 3. The molecule has 1 N–H and O–H groups in total. The molecular weight excluding hydrogens is 423 g/mol. The van der Waals surface area contributed by atoms with Gasteiger partial charge in [0.25, 0.3) is 0 Å². The first-order valence-electron chi connectivity index (χ1n) is 9.02. The smallest absolute Gasteiger partial charge is 0.475 e. The fraction of sp³-hybridized carbons (Fsp3) is 0.421. The number of fused-ring (bicyclic) bond motifs is 1. The molecule has 3 rings (SSSR count). The zero-order valence-corrected chi connectivity index (χ0v) is 17.2. The number of amides is 1. The number of aliphatic carboxylic acids is 1. The predicted octanol–water partition coefficient (Wildman–Crippen LogP) is 3.29. The van der Waals surface area contributed by atoms with Crippen molar-refractivity contribution in [1.82, 2.24) is 14.7 Å². The maximum atomic E-state index is 12.5. The van der Waals surface area contributed by atoms with Gasteiger partial charge in [-0.15, -0.1) is 11.3 Å². The van der Waals surface area contributed by atoms with E-state index in [1.807, 2.05) is 53.3 Å². The molecule has 0 bridgehead atoms. The van der Waals surface area contributed by atoms with Crippen LogP contribution in [0.1, 0.15) is 29.0 Å². The van der Waals surface area contributed by atoms with Crippen LogP contribution in [0.3, 0.4) is 0 Å². The summed E-state index contributed by atoms with van der Waals surface area (Å²) >= 11 is 1.62. The minimum Gasteiger partial charge on any atom is -0.475 e. The summed E-state index contributed by atoms with van der Waals surface area (Å²) in [7, 11) is 1.92. The molecule has 1 amide bonds. The molecule has 1 atom stereocenters. The highest BCUT2D eigenvalue weighted by molar-refractivity contribution is 7.10. The van der Waals surface area contributed by atoms with E-state index in [0.717, 1.165) is 10.6 Å². The molecule has 2 aromatic heterocycles. The van der Waals surface area contributed by atoms with Gasteiger partial charge in [-0.1, -0.05) is 6.07 Å². The van der Waals surface area contributed by atoms with Crippen LogP contribution in [0.15, 0.2) is 29.8 Å². The number of aromatic nitrogens is 2. The third-order valence-corrected chi connectivity index (χ3v) is 5.16. The van der Waals surface area contributed by atoms with Crippen molar-refractivity contribution in [2.75, 3.05) is 19.8 Å². The van der Waals surface area contributed by atoms with Gasteiger partial charge in [0.15, 0.2) is 0 Å². The van der Waals surface area contributed by atoms with Gasteiger partial charge in [-0.25, -0.2) is 4.79 Å². The zero-order valence-electron chi connectivity index (χ0n) is 16.4. The van der Waals surface area contributed by atoms with Crippen LogP contribution in [0.4, 0.5) is 13.2 Å². The van der Waals surface area contributed by atoms with Gasteiger partial charge in [-0.2, -0.15) is 18.3 Å². The van der Waals surface area contributed by atoms with Crippen molar-refractivity contribution < 1.29 is 32.6 Å². The first kappa shape index (κ1) is 23.6. The number of alkyl halides is 3. The van der Waals surface area contributed by atoms with E-state index in [4.69, 9.17) is 14.6 Å². The lowest BCUT2D eigenvalue weighted by atomic mass is 9.95. The molecule has 0 saturated heterocycles. The molecule has 1 aliphatic heterocycles. The van der Waals surface area contributed by atoms with E-state index < -0.39 is 12.1 Å². The Balaban J connectivity index is 0.000000396. The normalized spacial score (nSPS) is 16.2. The van der Waals surface area contributed by atoms with Gasteiger partial charge in [0.05, 0.1) is 25.0 Å². The summed E-state index contributed by atoms with van der Waals surface area (Å²) in [6.07, 6.45) is 0.358. The average Bonchev–Trinajstić information content (AvgIpc) is 3.34. The minimum atomic E-state index is -5.08. The van der Waals surface area contributed by atoms with Crippen molar-refractivity contribution >= 4 is 29.3 Å². The van der Waals surface area contributed by atoms with Gasteiger partial charge in [0.1, 0.15) is 0 Å². The first-order chi connectivity index (χ1) is 14.1. The maximum Gasteiger partial charge on any atom is 0.490 e. The summed E-state index contributed by atoms with van der Waals surface area (Å²) in [4.78, 5) is 24.4. The summed E-state index contributed by atoms with van der Waals surface area (Å²) in [5, 5.41) is 13.5. The lowest BCUT2D eigenvalue weighted by Gasteiger charge is -2.32. The van der Waals surface area contributed by atoms with Crippen molar-refractivity contribution in [3.8, 4) is 0 Å². The second kappa shape index (κ2) is 10.4. The van der Waals surface area contributed by atoms with Crippen molar-refractivity contribution in [2.45, 2.75) is 25.6 Å². The predicted molar refractivity (Wildman–Crippen MR) is 105 cm³/mol. The highest BCUT2D eigenvalue weighted by atomic mass is 32.1. The third kappa shape index (κ3) is 6.42. The molecule has 0 aromatic carbocycles. The number of carboxylic acids is 1. The fourth-order valence-electron chi connectivity index (χ4n) is 2.84. The monoisotopic (exact) mass is 445 g/mol. The number of ether oxygens (including phenoxy) is 1. The largest absolute Gasteiger partial charge is 0.490 e. The van der Waals surface area contributed by atoms with Crippen molar-refractivity contribution in [1.29, 1.82) is 0 Å². The lowest BCUT2D eigenvalue weighted by molar-refractivity contribution is -0.192. The first-order valence-corrected chi connectivity index (χ1v) is 9.90. The standard InChI is InChI=1S/C17H21N3O2S.C2HF3O2/c1-3-22-12-13-10-20(11-16-15(13)9-18-19(16)2)17(21)7-6-14-5-4-8-23-14;3-2(4,5)1(6)7/h4-9,13H,3,10-12H2,1-2H3;(H,6,7)/b7-6+;. The van der Waals surface area contributed by atoms with E-state index in [9.17, 15) is 18.0 Å². The molecule has 1 aliphatic rings. The molecule has 0 fully saturated rings. The van der Waals surface area contributed by atoms with Gasteiger partial charge in [0.2, 0.25) is 5.91 Å². The lowest BCUT2D eigenvalue weighted by Crippen LogP contribution is -2.39. The topological polar surface area (TPSA) is 84.7 Å². The molecule has 164 valence electrons. The summed E-state index contributed by atoms with van der Waals surface area (Å²) in [6, 6.07) is 3.98. The maximum absolute atomic E-state index is 12.5. The van der Waals surface area contributed by atoms with Crippen LogP contribution in [0.2, 0.25) is 0 Å². The summed E-state index contributed by atoms with van der Waals surface area (Å²) in [5.74, 6) is -2.54. The molecule has 7 nitrogen and oxygen atoms in total. The van der Waals surface area contributed by atoms with E-state index in [1.165, 1.54) is 5.56 Å². The highest BCUT2D eigenvalue weighted by Gasteiger charge is 2.38. The molecule has 0 saturated carbocycles. The Hall–Kier alpha value is -2.66. The van der Waals surface area contributed by atoms with Crippen LogP contribution < -0.4 is 0 Å². The Kier molecular flexibility index (Phi) is 8.18. The highest BCUT2D eigenvalue weighted by Crippen LogP contribution is 2.28. The number of rotatable bonds is 5.